The first-order valence-electron chi connectivity index (χ1n) is 4.63. The van der Waals surface area contributed by atoms with Crippen LogP contribution in [-0.2, 0) is 4.79 Å². The molecule has 0 aliphatic carbocycles. The molecule has 70 valence electrons. The smallest absolute Gasteiger partial charge is 0.228 e. The van der Waals surface area contributed by atoms with Crippen LogP contribution in [0.15, 0.2) is 0 Å². The van der Waals surface area contributed by atoms with Crippen molar-refractivity contribution in [1.29, 1.82) is 0 Å². The normalized spacial score (nSPS) is 27.8. The fourth-order valence-corrected chi connectivity index (χ4v) is 1.93. The first-order valence-corrected chi connectivity index (χ1v) is 4.63. The van der Waals surface area contributed by atoms with Crippen molar-refractivity contribution >= 4 is 5.91 Å². The van der Waals surface area contributed by atoms with Crippen LogP contribution in [0.2, 0.25) is 0 Å². The van der Waals surface area contributed by atoms with E-state index in [1.807, 2.05) is 13.8 Å². The maximum Gasteiger partial charge on any atom is 0.228 e. The van der Waals surface area contributed by atoms with Gasteiger partial charge in [0.1, 0.15) is 0 Å². The Labute approximate surface area is 74.7 Å². The molecule has 1 amide bonds. The summed E-state index contributed by atoms with van der Waals surface area (Å²) >= 11 is 0. The Morgan fingerprint density at radius 1 is 1.50 bits per heavy atom. The van der Waals surface area contributed by atoms with Crippen LogP contribution in [0.1, 0.15) is 41.0 Å². The minimum Gasteiger partial charge on any atom is -0.351 e. The molecule has 1 aliphatic heterocycles. The van der Waals surface area contributed by atoms with Gasteiger partial charge in [-0.2, -0.15) is 0 Å². The fraction of sp³-hybridized carbons (Fsp3) is 0.900. The molecule has 1 aliphatic rings. The zero-order valence-electron chi connectivity index (χ0n) is 8.69. The van der Waals surface area contributed by atoms with E-state index in [2.05, 4.69) is 26.1 Å². The molecule has 1 N–H and O–H groups in total. The van der Waals surface area contributed by atoms with Crippen molar-refractivity contribution in [3.05, 3.63) is 0 Å². The average Bonchev–Trinajstić information content (AvgIpc) is 2.00. The average molecular weight is 169 g/mol. The van der Waals surface area contributed by atoms with Crippen LogP contribution >= 0.6 is 0 Å². The van der Waals surface area contributed by atoms with Crippen molar-refractivity contribution < 1.29 is 4.79 Å². The SMILES string of the molecule is CCC(C)(C)C1NC(=O)C1(C)C. The van der Waals surface area contributed by atoms with Crippen molar-refractivity contribution in [1.82, 2.24) is 5.32 Å². The van der Waals surface area contributed by atoms with E-state index in [-0.39, 0.29) is 16.7 Å². The lowest BCUT2D eigenvalue weighted by Gasteiger charge is -2.51. The van der Waals surface area contributed by atoms with Crippen LogP contribution in [0.3, 0.4) is 0 Å². The van der Waals surface area contributed by atoms with Crippen molar-refractivity contribution in [3.8, 4) is 0 Å². The van der Waals surface area contributed by atoms with Crippen LogP contribution < -0.4 is 5.32 Å². The van der Waals surface area contributed by atoms with Crippen LogP contribution in [0.5, 0.6) is 0 Å². The van der Waals surface area contributed by atoms with Crippen LogP contribution in [-0.4, -0.2) is 11.9 Å². The first kappa shape index (κ1) is 9.56. The Kier molecular flexibility index (Phi) is 1.97. The molecule has 12 heavy (non-hydrogen) atoms. The number of carbonyl (C=O) groups is 1. The van der Waals surface area contributed by atoms with Crippen LogP contribution in [0.25, 0.3) is 0 Å². The number of nitrogens with one attached hydrogen (secondary N) is 1. The lowest BCUT2D eigenvalue weighted by Crippen LogP contribution is -2.69. The lowest BCUT2D eigenvalue weighted by atomic mass is 9.63. The van der Waals surface area contributed by atoms with Crippen LogP contribution in [0, 0.1) is 10.8 Å². The molecule has 2 heteroatoms. The van der Waals surface area contributed by atoms with E-state index < -0.39 is 0 Å². The summed E-state index contributed by atoms with van der Waals surface area (Å²) in [5.74, 6) is 0.189. The third-order valence-corrected chi connectivity index (χ3v) is 3.28. The second-order valence-electron chi connectivity index (χ2n) is 4.97. The zero-order valence-corrected chi connectivity index (χ0v) is 8.69. The highest BCUT2D eigenvalue weighted by atomic mass is 16.2. The molecule has 0 radical (unpaired) electrons. The Bertz CT molecular complexity index is 206. The third kappa shape index (κ3) is 1.13. The van der Waals surface area contributed by atoms with Gasteiger partial charge < -0.3 is 5.32 Å². The molecule has 2 nitrogen and oxygen atoms in total. The summed E-state index contributed by atoms with van der Waals surface area (Å²) < 4.78 is 0. The highest BCUT2D eigenvalue weighted by Crippen LogP contribution is 2.42. The van der Waals surface area contributed by atoms with E-state index in [1.165, 1.54) is 0 Å². The second-order valence-corrected chi connectivity index (χ2v) is 4.97. The van der Waals surface area contributed by atoms with Gasteiger partial charge in [-0.05, 0) is 25.7 Å². The van der Waals surface area contributed by atoms with Gasteiger partial charge in [-0.15, -0.1) is 0 Å². The van der Waals surface area contributed by atoms with E-state index in [4.69, 9.17) is 0 Å². The van der Waals surface area contributed by atoms with Crippen molar-refractivity contribution in [2.45, 2.75) is 47.1 Å². The first-order chi connectivity index (χ1) is 5.32. The molecule has 0 bridgehead atoms. The molecule has 0 aromatic heterocycles. The Morgan fingerprint density at radius 3 is 2.25 bits per heavy atom. The highest BCUT2D eigenvalue weighted by Gasteiger charge is 2.53. The molecule has 1 unspecified atom stereocenters. The maximum absolute atomic E-state index is 11.2. The molecular formula is C10H19NO. The number of hydrogen-bond acceptors (Lipinski definition) is 1. The third-order valence-electron chi connectivity index (χ3n) is 3.28. The summed E-state index contributed by atoms with van der Waals surface area (Å²) in [5, 5.41) is 2.99. The Balaban J connectivity index is 2.75. The number of amides is 1. The zero-order chi connectivity index (χ0) is 9.57. The summed E-state index contributed by atoms with van der Waals surface area (Å²) in [6, 6.07) is 0.336. The fourth-order valence-electron chi connectivity index (χ4n) is 1.93. The second kappa shape index (κ2) is 2.48. The lowest BCUT2D eigenvalue weighted by molar-refractivity contribution is -0.148. The predicted octanol–water partition coefficient (Wildman–Crippen LogP) is 1.95. The van der Waals surface area contributed by atoms with Gasteiger partial charge in [0.2, 0.25) is 5.91 Å². The van der Waals surface area contributed by atoms with Crippen molar-refractivity contribution in [2.75, 3.05) is 0 Å². The Hall–Kier alpha value is -0.530. The van der Waals surface area contributed by atoms with Crippen molar-refractivity contribution in [2.24, 2.45) is 10.8 Å². The quantitative estimate of drug-likeness (QED) is 0.629. The summed E-state index contributed by atoms with van der Waals surface area (Å²) in [6.45, 7) is 10.6. The molecule has 1 atom stereocenters. The predicted molar refractivity (Wildman–Crippen MR) is 49.8 cm³/mol. The van der Waals surface area contributed by atoms with E-state index >= 15 is 0 Å². The molecule has 0 aromatic rings. The Morgan fingerprint density at radius 2 is 2.00 bits per heavy atom. The molecule has 1 saturated heterocycles. The number of hydrogen-bond donors (Lipinski definition) is 1. The number of rotatable bonds is 2. The van der Waals surface area contributed by atoms with Gasteiger partial charge in [0, 0.05) is 6.04 Å². The van der Waals surface area contributed by atoms with Gasteiger partial charge in [-0.1, -0.05) is 20.8 Å². The minimum absolute atomic E-state index is 0.167. The standard InChI is InChI=1S/C10H19NO/c1-6-9(2,3)7-10(4,5)8(12)11-7/h7H,6H2,1-5H3,(H,11,12). The van der Waals surface area contributed by atoms with Gasteiger partial charge >= 0.3 is 0 Å². The molecule has 0 spiro atoms. The molecule has 1 fully saturated rings. The molecule has 0 saturated carbocycles. The van der Waals surface area contributed by atoms with Crippen molar-refractivity contribution in [3.63, 3.8) is 0 Å². The van der Waals surface area contributed by atoms with Crippen LogP contribution in [0.4, 0.5) is 0 Å². The minimum atomic E-state index is -0.167. The van der Waals surface area contributed by atoms with E-state index in [0.717, 1.165) is 6.42 Å². The van der Waals surface area contributed by atoms with E-state index in [0.29, 0.717) is 6.04 Å². The topological polar surface area (TPSA) is 29.1 Å². The van der Waals surface area contributed by atoms with Gasteiger partial charge in [-0.25, -0.2) is 0 Å². The van der Waals surface area contributed by atoms with E-state index in [9.17, 15) is 4.79 Å². The highest BCUT2D eigenvalue weighted by molar-refractivity contribution is 5.89. The molecule has 1 rings (SSSR count). The number of β-lactam (4-membered cyclic amide) rings is 1. The van der Waals surface area contributed by atoms with Gasteiger partial charge in [-0.3, -0.25) is 4.79 Å². The van der Waals surface area contributed by atoms with Gasteiger partial charge in [0.25, 0.3) is 0 Å². The largest absolute Gasteiger partial charge is 0.351 e. The molecular weight excluding hydrogens is 150 g/mol. The number of carbonyl (C=O) groups excluding carboxylic acids is 1. The van der Waals surface area contributed by atoms with Gasteiger partial charge in [0.15, 0.2) is 0 Å². The summed E-state index contributed by atoms with van der Waals surface area (Å²) in [6.07, 6.45) is 1.10. The summed E-state index contributed by atoms with van der Waals surface area (Å²) in [4.78, 5) is 11.2. The van der Waals surface area contributed by atoms with Gasteiger partial charge in [0.05, 0.1) is 5.41 Å². The summed E-state index contributed by atoms with van der Waals surface area (Å²) in [7, 11) is 0. The molecule has 1 heterocycles. The summed E-state index contributed by atoms with van der Waals surface area (Å²) in [5.41, 5.74) is 0.0525. The maximum atomic E-state index is 11.2. The molecule has 0 aromatic carbocycles. The monoisotopic (exact) mass is 169 g/mol. The van der Waals surface area contributed by atoms with E-state index in [1.54, 1.807) is 0 Å².